The first-order chi connectivity index (χ1) is 16.4. The van der Waals surface area contributed by atoms with Crippen LogP contribution in [0.5, 0.6) is 0 Å². The lowest BCUT2D eigenvalue weighted by Crippen LogP contribution is -2.37. The SMILES string of the molecule is C=CC(=O)NC1CCC(n2nc(C(=O)Nc3nc4cc(F)ccc4o3)c3c(N)ncnc32)CC1. The van der Waals surface area contributed by atoms with Crippen LogP contribution < -0.4 is 16.4 Å². The smallest absolute Gasteiger partial charge is 0.302 e. The Labute approximate surface area is 192 Å². The zero-order valence-corrected chi connectivity index (χ0v) is 18.0. The number of rotatable bonds is 5. The summed E-state index contributed by atoms with van der Waals surface area (Å²) in [6.45, 7) is 3.48. The van der Waals surface area contributed by atoms with Crippen molar-refractivity contribution in [2.75, 3.05) is 11.1 Å². The van der Waals surface area contributed by atoms with E-state index < -0.39 is 11.7 Å². The molecule has 5 rings (SSSR count). The number of oxazole rings is 1. The molecule has 1 fully saturated rings. The van der Waals surface area contributed by atoms with E-state index in [0.717, 1.165) is 25.7 Å². The third kappa shape index (κ3) is 3.93. The molecule has 0 bridgehead atoms. The van der Waals surface area contributed by atoms with E-state index in [4.69, 9.17) is 10.2 Å². The minimum Gasteiger partial charge on any atom is -0.423 e. The minimum atomic E-state index is -0.607. The fraction of sp³-hybridized carbons (Fsp3) is 0.273. The van der Waals surface area contributed by atoms with Crippen LogP contribution in [0.3, 0.4) is 0 Å². The Morgan fingerprint density at radius 1 is 1.24 bits per heavy atom. The number of anilines is 2. The van der Waals surface area contributed by atoms with Crippen molar-refractivity contribution in [1.82, 2.24) is 30.0 Å². The van der Waals surface area contributed by atoms with E-state index in [2.05, 4.69) is 37.3 Å². The van der Waals surface area contributed by atoms with E-state index in [-0.39, 0.29) is 41.0 Å². The first kappa shape index (κ1) is 21.5. The molecule has 0 saturated heterocycles. The summed E-state index contributed by atoms with van der Waals surface area (Å²) < 4.78 is 20.6. The molecule has 4 N–H and O–H groups in total. The zero-order chi connectivity index (χ0) is 23.8. The Hall–Kier alpha value is -4.35. The van der Waals surface area contributed by atoms with Gasteiger partial charge < -0.3 is 15.5 Å². The van der Waals surface area contributed by atoms with Gasteiger partial charge in [0.25, 0.3) is 5.91 Å². The highest BCUT2D eigenvalue weighted by Crippen LogP contribution is 2.33. The van der Waals surface area contributed by atoms with Crippen molar-refractivity contribution in [3.8, 4) is 0 Å². The Balaban J connectivity index is 1.42. The maximum atomic E-state index is 13.4. The topological polar surface area (TPSA) is 154 Å². The average Bonchev–Trinajstić information content (AvgIpc) is 3.41. The minimum absolute atomic E-state index is 0.0311. The number of fused-ring (bicyclic) bond motifs is 2. The van der Waals surface area contributed by atoms with E-state index in [1.807, 2.05) is 0 Å². The van der Waals surface area contributed by atoms with Crippen molar-refractivity contribution >= 4 is 45.8 Å². The molecule has 2 amide bonds. The summed E-state index contributed by atoms with van der Waals surface area (Å²) in [7, 11) is 0. The van der Waals surface area contributed by atoms with E-state index in [0.29, 0.717) is 16.6 Å². The van der Waals surface area contributed by atoms with Gasteiger partial charge in [-0.15, -0.1) is 0 Å². The molecule has 0 aliphatic heterocycles. The lowest BCUT2D eigenvalue weighted by molar-refractivity contribution is -0.117. The summed E-state index contributed by atoms with van der Waals surface area (Å²) in [5.74, 6) is -1.15. The molecule has 3 aromatic heterocycles. The van der Waals surface area contributed by atoms with E-state index in [9.17, 15) is 14.0 Å². The standard InChI is InChI=1S/C22H21FN8O3/c1-2-16(32)27-12-4-6-13(7-5-12)31-20-17(19(24)25-10-26-20)18(30-31)21(33)29-22-28-14-9-11(23)3-8-15(14)34-22/h2-3,8-10,12-13H,1,4-7H2,(H,27,32)(H2,24,25,26)(H,28,29,33). The number of carbonyl (C=O) groups is 2. The van der Waals surface area contributed by atoms with Gasteiger partial charge in [-0.05, 0) is 43.9 Å². The molecule has 0 spiro atoms. The maximum absolute atomic E-state index is 13.4. The summed E-state index contributed by atoms with van der Waals surface area (Å²) in [6, 6.07) is 3.79. The molecular weight excluding hydrogens is 443 g/mol. The monoisotopic (exact) mass is 464 g/mol. The van der Waals surface area contributed by atoms with Gasteiger partial charge in [0.1, 0.15) is 23.5 Å². The van der Waals surface area contributed by atoms with E-state index in [1.54, 1.807) is 4.68 Å². The number of nitrogen functional groups attached to an aromatic ring is 1. The first-order valence-electron chi connectivity index (χ1n) is 10.7. The Morgan fingerprint density at radius 2 is 2.03 bits per heavy atom. The van der Waals surface area contributed by atoms with Crippen LogP contribution in [-0.2, 0) is 4.79 Å². The molecule has 1 aliphatic carbocycles. The second-order valence-corrected chi connectivity index (χ2v) is 8.05. The maximum Gasteiger partial charge on any atom is 0.302 e. The zero-order valence-electron chi connectivity index (χ0n) is 18.0. The van der Waals surface area contributed by atoms with Crippen molar-refractivity contribution in [2.45, 2.75) is 37.8 Å². The number of hydrogen-bond acceptors (Lipinski definition) is 8. The molecule has 174 valence electrons. The Morgan fingerprint density at radius 3 is 2.79 bits per heavy atom. The van der Waals surface area contributed by atoms with Crippen LogP contribution in [0.2, 0.25) is 0 Å². The normalized spacial score (nSPS) is 18.1. The molecule has 1 aliphatic rings. The van der Waals surface area contributed by atoms with Gasteiger partial charge in [-0.3, -0.25) is 14.9 Å². The number of benzene rings is 1. The molecule has 11 nitrogen and oxygen atoms in total. The van der Waals surface area contributed by atoms with Crippen LogP contribution in [0.4, 0.5) is 16.2 Å². The number of aromatic nitrogens is 5. The Bertz CT molecular complexity index is 1420. The van der Waals surface area contributed by atoms with Crippen molar-refractivity contribution in [1.29, 1.82) is 0 Å². The van der Waals surface area contributed by atoms with Gasteiger partial charge in [-0.1, -0.05) is 6.58 Å². The molecule has 3 heterocycles. The van der Waals surface area contributed by atoms with Gasteiger partial charge in [0.15, 0.2) is 16.9 Å². The highest BCUT2D eigenvalue weighted by Gasteiger charge is 2.29. The molecule has 34 heavy (non-hydrogen) atoms. The number of carbonyl (C=O) groups excluding carboxylic acids is 2. The summed E-state index contributed by atoms with van der Waals surface area (Å²) >= 11 is 0. The predicted octanol–water partition coefficient (Wildman–Crippen LogP) is 2.73. The predicted molar refractivity (Wildman–Crippen MR) is 121 cm³/mol. The summed E-state index contributed by atoms with van der Waals surface area (Å²) in [5.41, 5.74) is 7.15. The molecule has 1 aromatic carbocycles. The van der Waals surface area contributed by atoms with Crippen LogP contribution in [0, 0.1) is 5.82 Å². The number of nitrogens with one attached hydrogen (secondary N) is 2. The summed E-state index contributed by atoms with van der Waals surface area (Å²) in [4.78, 5) is 37.1. The second kappa shape index (κ2) is 8.54. The molecule has 4 aromatic rings. The van der Waals surface area contributed by atoms with Gasteiger partial charge in [-0.25, -0.2) is 19.0 Å². The molecule has 0 atom stereocenters. The largest absolute Gasteiger partial charge is 0.423 e. The average molecular weight is 464 g/mol. The molecular formula is C22H21FN8O3. The van der Waals surface area contributed by atoms with Gasteiger partial charge in [-0.2, -0.15) is 10.1 Å². The van der Waals surface area contributed by atoms with E-state index >= 15 is 0 Å². The number of hydrogen-bond donors (Lipinski definition) is 3. The third-order valence-corrected chi connectivity index (χ3v) is 5.88. The van der Waals surface area contributed by atoms with Gasteiger partial charge in [0, 0.05) is 12.1 Å². The fourth-order valence-corrected chi connectivity index (χ4v) is 4.24. The van der Waals surface area contributed by atoms with Crippen molar-refractivity contribution < 1.29 is 18.4 Å². The molecule has 12 heteroatoms. The van der Waals surface area contributed by atoms with Crippen molar-refractivity contribution in [2.24, 2.45) is 0 Å². The van der Waals surface area contributed by atoms with Crippen molar-refractivity contribution in [3.05, 3.63) is 48.7 Å². The molecule has 0 unspecified atom stereocenters. The van der Waals surface area contributed by atoms with Gasteiger partial charge in [0.05, 0.1) is 11.4 Å². The number of nitrogens with two attached hydrogens (primary N) is 1. The highest BCUT2D eigenvalue weighted by molar-refractivity contribution is 6.12. The van der Waals surface area contributed by atoms with Gasteiger partial charge >= 0.3 is 6.01 Å². The van der Waals surface area contributed by atoms with E-state index in [1.165, 1.54) is 30.6 Å². The van der Waals surface area contributed by atoms with Crippen LogP contribution >= 0.6 is 0 Å². The third-order valence-electron chi connectivity index (χ3n) is 5.88. The number of nitrogens with zero attached hydrogens (tertiary/aromatic N) is 5. The van der Waals surface area contributed by atoms with Crippen molar-refractivity contribution in [3.63, 3.8) is 0 Å². The summed E-state index contributed by atoms with van der Waals surface area (Å²) in [5, 5.41) is 10.3. The van der Waals surface area contributed by atoms with Crippen LogP contribution in [-0.4, -0.2) is 42.6 Å². The highest BCUT2D eigenvalue weighted by atomic mass is 19.1. The Kier molecular flexibility index (Phi) is 5.40. The number of halogens is 1. The molecule has 1 saturated carbocycles. The van der Waals surface area contributed by atoms with Crippen LogP contribution in [0.1, 0.15) is 42.2 Å². The summed E-state index contributed by atoms with van der Waals surface area (Å²) in [6.07, 6.45) is 5.51. The lowest BCUT2D eigenvalue weighted by atomic mass is 9.91. The molecule has 0 radical (unpaired) electrons. The fourth-order valence-electron chi connectivity index (χ4n) is 4.24. The van der Waals surface area contributed by atoms with Crippen LogP contribution in [0.15, 0.2) is 41.6 Å². The number of amides is 2. The first-order valence-corrected chi connectivity index (χ1v) is 10.7. The quantitative estimate of drug-likeness (QED) is 0.381. The van der Waals surface area contributed by atoms with Crippen LogP contribution in [0.25, 0.3) is 22.1 Å². The van der Waals surface area contributed by atoms with Gasteiger partial charge in [0.2, 0.25) is 5.91 Å². The second-order valence-electron chi connectivity index (χ2n) is 8.05. The lowest BCUT2D eigenvalue weighted by Gasteiger charge is -2.29.